The van der Waals surface area contributed by atoms with Crippen molar-refractivity contribution >= 4 is 11.8 Å². The highest BCUT2D eigenvalue weighted by molar-refractivity contribution is 5.97. The molecular weight excluding hydrogens is 270 g/mol. The monoisotopic (exact) mass is 291 g/mol. The Kier molecular flexibility index (Phi) is 5.16. The Morgan fingerprint density at radius 2 is 1.71 bits per heavy atom. The lowest BCUT2D eigenvalue weighted by atomic mass is 10.00. The minimum atomic E-state index is -0.528. The largest absolute Gasteiger partial charge is 0.497 e. The third-order valence-electron chi connectivity index (χ3n) is 3.56. The third-order valence-corrected chi connectivity index (χ3v) is 3.56. The molecular formula is C15H21N3O3. The molecule has 6 heteroatoms. The van der Waals surface area contributed by atoms with Crippen LogP contribution in [0.4, 0.5) is 0 Å². The van der Waals surface area contributed by atoms with Crippen LogP contribution in [0.25, 0.3) is 0 Å². The summed E-state index contributed by atoms with van der Waals surface area (Å²) < 4.78 is 5.09. The zero-order valence-electron chi connectivity index (χ0n) is 12.1. The highest BCUT2D eigenvalue weighted by Crippen LogP contribution is 2.14. The summed E-state index contributed by atoms with van der Waals surface area (Å²) in [6, 6.07) is 6.45. The molecule has 0 unspecified atom stereocenters. The fourth-order valence-corrected chi connectivity index (χ4v) is 2.34. The number of carbonyl (C=O) groups is 2. The summed E-state index contributed by atoms with van der Waals surface area (Å²) in [7, 11) is 1.60. The van der Waals surface area contributed by atoms with Crippen LogP contribution >= 0.6 is 0 Å². The van der Waals surface area contributed by atoms with Crippen molar-refractivity contribution in [1.82, 2.24) is 10.6 Å². The summed E-state index contributed by atoms with van der Waals surface area (Å²) in [5, 5.41) is 5.54. The summed E-state index contributed by atoms with van der Waals surface area (Å²) in [5.41, 5.74) is 6.39. The lowest BCUT2D eigenvalue weighted by molar-refractivity contribution is -0.136. The van der Waals surface area contributed by atoms with Crippen LogP contribution in [0.5, 0.6) is 5.75 Å². The molecule has 0 saturated carbocycles. The van der Waals surface area contributed by atoms with Gasteiger partial charge in [0.05, 0.1) is 7.11 Å². The molecule has 0 radical (unpaired) electrons. The van der Waals surface area contributed by atoms with E-state index in [0.29, 0.717) is 25.8 Å². The van der Waals surface area contributed by atoms with Crippen LogP contribution in [0.3, 0.4) is 0 Å². The first-order valence-electron chi connectivity index (χ1n) is 7.07. The molecule has 21 heavy (non-hydrogen) atoms. The number of methoxy groups -OCH3 is 1. The first-order chi connectivity index (χ1) is 10.1. The molecule has 1 aromatic carbocycles. The third kappa shape index (κ3) is 3.95. The molecule has 1 fully saturated rings. The molecule has 0 aliphatic carbocycles. The van der Waals surface area contributed by atoms with Gasteiger partial charge in [-0.25, -0.2) is 0 Å². The van der Waals surface area contributed by atoms with Crippen molar-refractivity contribution in [3.8, 4) is 5.75 Å². The van der Waals surface area contributed by atoms with Crippen molar-refractivity contribution in [3.63, 3.8) is 0 Å². The Balaban J connectivity index is 1.95. The maximum Gasteiger partial charge on any atom is 0.243 e. The van der Waals surface area contributed by atoms with Crippen molar-refractivity contribution in [2.24, 2.45) is 5.73 Å². The van der Waals surface area contributed by atoms with Gasteiger partial charge in [0.1, 0.15) is 17.8 Å². The summed E-state index contributed by atoms with van der Waals surface area (Å²) in [5.74, 6) is 0.478. The molecule has 1 aliphatic rings. The number of nitrogens with one attached hydrogen (secondary N) is 2. The van der Waals surface area contributed by atoms with Crippen LogP contribution in [0.2, 0.25) is 0 Å². The Morgan fingerprint density at radius 1 is 1.10 bits per heavy atom. The predicted molar refractivity (Wildman–Crippen MR) is 78.8 cm³/mol. The SMILES string of the molecule is COc1ccc(C[C@@H]2NC(=O)[C@H](CCCN)NC2=O)cc1. The molecule has 0 spiro atoms. The highest BCUT2D eigenvalue weighted by atomic mass is 16.5. The van der Waals surface area contributed by atoms with Crippen LogP contribution < -0.4 is 21.1 Å². The predicted octanol–water partition coefficient (Wildman–Crippen LogP) is -0.0402. The maximum absolute atomic E-state index is 12.1. The summed E-state index contributed by atoms with van der Waals surface area (Å²) in [6.07, 6.45) is 1.75. The van der Waals surface area contributed by atoms with Crippen LogP contribution in [-0.2, 0) is 16.0 Å². The van der Waals surface area contributed by atoms with Gasteiger partial charge in [0.15, 0.2) is 0 Å². The first kappa shape index (κ1) is 15.3. The number of hydrogen-bond acceptors (Lipinski definition) is 4. The van der Waals surface area contributed by atoms with Crippen molar-refractivity contribution in [3.05, 3.63) is 29.8 Å². The molecule has 0 aromatic heterocycles. The number of benzene rings is 1. The highest BCUT2D eigenvalue weighted by Gasteiger charge is 2.32. The second-order valence-electron chi connectivity index (χ2n) is 5.11. The molecule has 2 rings (SSSR count). The topological polar surface area (TPSA) is 93.4 Å². The Bertz CT molecular complexity index is 501. The number of carbonyl (C=O) groups excluding carboxylic acids is 2. The van der Waals surface area contributed by atoms with Crippen LogP contribution in [0.15, 0.2) is 24.3 Å². The minimum absolute atomic E-state index is 0.137. The average Bonchev–Trinajstić information content (AvgIpc) is 2.50. The Hall–Kier alpha value is -2.08. The number of amides is 2. The van der Waals surface area contributed by atoms with Gasteiger partial charge in [0, 0.05) is 6.42 Å². The Morgan fingerprint density at radius 3 is 2.33 bits per heavy atom. The summed E-state index contributed by atoms with van der Waals surface area (Å²) >= 11 is 0. The van der Waals surface area contributed by atoms with Crippen molar-refractivity contribution < 1.29 is 14.3 Å². The van der Waals surface area contributed by atoms with Crippen molar-refractivity contribution in [1.29, 1.82) is 0 Å². The van der Waals surface area contributed by atoms with Crippen LogP contribution in [0.1, 0.15) is 18.4 Å². The first-order valence-corrected chi connectivity index (χ1v) is 7.07. The number of piperazine rings is 1. The van der Waals surface area contributed by atoms with Gasteiger partial charge in [-0.2, -0.15) is 0 Å². The second-order valence-corrected chi connectivity index (χ2v) is 5.11. The molecule has 1 aromatic rings. The lowest BCUT2D eigenvalue weighted by Gasteiger charge is -2.29. The van der Waals surface area contributed by atoms with E-state index >= 15 is 0 Å². The number of nitrogens with two attached hydrogens (primary N) is 1. The zero-order chi connectivity index (χ0) is 15.2. The average molecular weight is 291 g/mol. The number of hydrogen-bond donors (Lipinski definition) is 3. The molecule has 6 nitrogen and oxygen atoms in total. The maximum atomic E-state index is 12.1. The molecule has 2 atom stereocenters. The molecule has 0 bridgehead atoms. The normalized spacial score (nSPS) is 21.6. The molecule has 4 N–H and O–H groups in total. The molecule has 114 valence electrons. The fourth-order valence-electron chi connectivity index (χ4n) is 2.34. The van der Waals surface area contributed by atoms with Gasteiger partial charge in [0.25, 0.3) is 0 Å². The van der Waals surface area contributed by atoms with Crippen LogP contribution in [-0.4, -0.2) is 37.6 Å². The molecule has 1 saturated heterocycles. The molecule has 1 aliphatic heterocycles. The quantitative estimate of drug-likeness (QED) is 0.685. The van der Waals surface area contributed by atoms with Crippen molar-refractivity contribution in [2.45, 2.75) is 31.3 Å². The standard InChI is InChI=1S/C15H21N3O3/c1-21-11-6-4-10(5-7-11)9-13-15(20)17-12(3-2-8-16)14(19)18-13/h4-7,12-13H,2-3,8-9,16H2,1H3,(H,17,20)(H,18,19)/t12-,13-/m0/s1. The molecule has 1 heterocycles. The molecule has 2 amide bonds. The number of ether oxygens (including phenoxy) is 1. The van der Waals surface area contributed by atoms with E-state index in [0.717, 1.165) is 11.3 Å². The van der Waals surface area contributed by atoms with Gasteiger partial charge in [-0.1, -0.05) is 12.1 Å². The van der Waals surface area contributed by atoms with E-state index in [1.165, 1.54) is 0 Å². The van der Waals surface area contributed by atoms with Gasteiger partial charge in [0.2, 0.25) is 11.8 Å². The summed E-state index contributed by atoms with van der Waals surface area (Å²) in [6.45, 7) is 0.509. The van der Waals surface area contributed by atoms with E-state index in [-0.39, 0.29) is 11.8 Å². The van der Waals surface area contributed by atoms with E-state index < -0.39 is 12.1 Å². The van der Waals surface area contributed by atoms with E-state index in [1.54, 1.807) is 7.11 Å². The fraction of sp³-hybridized carbons (Fsp3) is 0.467. The van der Waals surface area contributed by atoms with Crippen LogP contribution in [0, 0.1) is 0 Å². The van der Waals surface area contributed by atoms with Gasteiger partial charge in [-0.15, -0.1) is 0 Å². The van der Waals surface area contributed by atoms with Gasteiger partial charge < -0.3 is 21.1 Å². The smallest absolute Gasteiger partial charge is 0.243 e. The van der Waals surface area contributed by atoms with Gasteiger partial charge in [-0.05, 0) is 37.1 Å². The Labute approximate surface area is 124 Å². The van der Waals surface area contributed by atoms with Gasteiger partial charge in [-0.3, -0.25) is 9.59 Å². The summed E-state index contributed by atoms with van der Waals surface area (Å²) in [4.78, 5) is 24.0. The zero-order valence-corrected chi connectivity index (χ0v) is 12.1. The number of rotatable bonds is 6. The van der Waals surface area contributed by atoms with E-state index in [1.807, 2.05) is 24.3 Å². The van der Waals surface area contributed by atoms with E-state index in [2.05, 4.69) is 10.6 Å². The lowest BCUT2D eigenvalue weighted by Crippen LogP contribution is -2.62. The van der Waals surface area contributed by atoms with Gasteiger partial charge >= 0.3 is 0 Å². The van der Waals surface area contributed by atoms with Crippen molar-refractivity contribution in [2.75, 3.05) is 13.7 Å². The second kappa shape index (κ2) is 7.08. The minimum Gasteiger partial charge on any atom is -0.497 e. The van der Waals surface area contributed by atoms with E-state index in [4.69, 9.17) is 10.5 Å². The van der Waals surface area contributed by atoms with E-state index in [9.17, 15) is 9.59 Å².